The zero-order valence-corrected chi connectivity index (χ0v) is 9.26. The largest absolute Gasteiger partial charge is 0.257 e. The van der Waals surface area contributed by atoms with E-state index < -0.39 is 0 Å². The van der Waals surface area contributed by atoms with Crippen LogP contribution in [0.4, 0.5) is 0 Å². The number of H-pyrrole nitrogens is 1. The molecule has 0 bridgehead atoms. The summed E-state index contributed by atoms with van der Waals surface area (Å²) in [5, 5.41) is 6.78. The third kappa shape index (κ3) is 3.59. The minimum atomic E-state index is 0.761. The molecule has 1 heterocycles. The highest BCUT2D eigenvalue weighted by atomic mass is 32.2. The van der Waals surface area contributed by atoms with E-state index in [9.17, 15) is 0 Å². The van der Waals surface area contributed by atoms with Crippen molar-refractivity contribution in [2.45, 2.75) is 4.34 Å². The van der Waals surface area contributed by atoms with Gasteiger partial charge in [0.1, 0.15) is 0 Å². The van der Waals surface area contributed by atoms with Gasteiger partial charge in [-0.1, -0.05) is 23.1 Å². The van der Waals surface area contributed by atoms with Crippen LogP contribution in [0.5, 0.6) is 0 Å². The van der Waals surface area contributed by atoms with Crippen LogP contribution in [0.2, 0.25) is 0 Å². The van der Waals surface area contributed by atoms with Crippen LogP contribution in [0.15, 0.2) is 4.34 Å². The van der Waals surface area contributed by atoms with Gasteiger partial charge in [-0.15, -0.1) is 0 Å². The normalized spacial score (nSPS) is 10.3. The average Bonchev–Trinajstić information content (AvgIpc) is 2.37. The van der Waals surface area contributed by atoms with Gasteiger partial charge in [-0.05, 0) is 18.5 Å². The highest BCUT2D eigenvalue weighted by Gasteiger charge is 1.96. The molecular formula is C5H8N2S4. The monoisotopic (exact) mass is 224 g/mol. The van der Waals surface area contributed by atoms with Gasteiger partial charge in [0.2, 0.25) is 0 Å². The number of nitrogens with zero attached hydrogens (tertiary/aromatic N) is 1. The molecule has 0 aliphatic carbocycles. The number of hydrogen-bond donors (Lipinski definition) is 1. The fourth-order valence-electron chi connectivity index (χ4n) is 0.490. The topological polar surface area (TPSA) is 28.7 Å². The number of nitrogens with one attached hydrogen (secondary N) is 1. The minimum absolute atomic E-state index is 0.761. The summed E-state index contributed by atoms with van der Waals surface area (Å²) in [5.74, 6) is 2.27. The van der Waals surface area contributed by atoms with E-state index in [1.807, 2.05) is 11.8 Å². The Morgan fingerprint density at radius 3 is 3.00 bits per heavy atom. The molecule has 1 rings (SSSR count). The first kappa shape index (κ1) is 9.57. The van der Waals surface area contributed by atoms with Crippen molar-refractivity contribution >= 4 is 47.1 Å². The highest BCUT2D eigenvalue weighted by Crippen LogP contribution is 2.20. The van der Waals surface area contributed by atoms with Gasteiger partial charge in [-0.3, -0.25) is 5.10 Å². The minimum Gasteiger partial charge on any atom is -0.257 e. The fourth-order valence-corrected chi connectivity index (χ4v) is 3.29. The van der Waals surface area contributed by atoms with Crippen molar-refractivity contribution in [2.24, 2.45) is 0 Å². The highest BCUT2D eigenvalue weighted by molar-refractivity contribution is 8.03. The molecule has 0 spiro atoms. The van der Waals surface area contributed by atoms with Crippen molar-refractivity contribution in [1.82, 2.24) is 10.2 Å². The molecule has 11 heavy (non-hydrogen) atoms. The molecule has 0 aliphatic heterocycles. The van der Waals surface area contributed by atoms with Crippen molar-refractivity contribution in [1.29, 1.82) is 0 Å². The molecule has 1 aromatic rings. The van der Waals surface area contributed by atoms with Crippen LogP contribution in [0.25, 0.3) is 0 Å². The molecule has 0 saturated heterocycles. The molecule has 0 unspecified atom stereocenters. The van der Waals surface area contributed by atoms with Gasteiger partial charge in [0.05, 0.1) is 0 Å². The van der Waals surface area contributed by atoms with Gasteiger partial charge in [-0.25, -0.2) is 0 Å². The summed E-state index contributed by atoms with van der Waals surface area (Å²) < 4.78 is 1.81. The Bertz CT molecular complexity index is 253. The van der Waals surface area contributed by atoms with E-state index in [1.54, 1.807) is 23.1 Å². The van der Waals surface area contributed by atoms with E-state index in [0.29, 0.717) is 0 Å². The lowest BCUT2D eigenvalue weighted by Crippen LogP contribution is -1.81. The number of hydrogen-bond acceptors (Lipinski definition) is 5. The van der Waals surface area contributed by atoms with E-state index in [2.05, 4.69) is 16.5 Å². The second kappa shape index (κ2) is 5.18. The Kier molecular flexibility index (Phi) is 4.51. The third-order valence-corrected chi connectivity index (χ3v) is 4.04. The first-order chi connectivity index (χ1) is 5.33. The summed E-state index contributed by atoms with van der Waals surface area (Å²) in [6.07, 6.45) is 2.10. The van der Waals surface area contributed by atoms with Crippen LogP contribution in [-0.4, -0.2) is 28.0 Å². The quantitative estimate of drug-likeness (QED) is 0.483. The second-order valence-corrected chi connectivity index (χ2v) is 5.71. The van der Waals surface area contributed by atoms with Crippen LogP contribution in [0, 0.1) is 3.95 Å². The van der Waals surface area contributed by atoms with Crippen molar-refractivity contribution in [3.8, 4) is 0 Å². The van der Waals surface area contributed by atoms with Crippen LogP contribution in [0.1, 0.15) is 0 Å². The maximum Gasteiger partial charge on any atom is 0.177 e. The Balaban J connectivity index is 2.33. The van der Waals surface area contributed by atoms with Gasteiger partial charge in [0, 0.05) is 11.5 Å². The van der Waals surface area contributed by atoms with Gasteiger partial charge in [-0.2, -0.15) is 16.9 Å². The molecule has 0 fully saturated rings. The predicted octanol–water partition coefficient (Wildman–Crippen LogP) is 2.66. The van der Waals surface area contributed by atoms with E-state index >= 15 is 0 Å². The Morgan fingerprint density at radius 2 is 2.45 bits per heavy atom. The first-order valence-electron chi connectivity index (χ1n) is 3.00. The van der Waals surface area contributed by atoms with Crippen molar-refractivity contribution in [2.75, 3.05) is 17.8 Å². The number of thioether (sulfide) groups is 2. The van der Waals surface area contributed by atoms with Gasteiger partial charge in [0.15, 0.2) is 8.29 Å². The standard InChI is InChI=1S/C5H8N2S4/c1-9-2-3-10-5-7-6-4(8)11-5/h2-3H2,1H3,(H,6,8). The molecular weight excluding hydrogens is 216 g/mol. The Hall–Kier alpha value is 0.480. The summed E-state index contributed by atoms with van der Waals surface area (Å²) in [6, 6.07) is 0. The smallest absolute Gasteiger partial charge is 0.177 e. The van der Waals surface area contributed by atoms with Gasteiger partial charge in [0.25, 0.3) is 0 Å². The van der Waals surface area contributed by atoms with Crippen LogP contribution >= 0.6 is 47.1 Å². The SMILES string of the molecule is CSCCSc1n[nH]c(=S)s1. The lowest BCUT2D eigenvalue weighted by atomic mass is 11.0. The summed E-state index contributed by atoms with van der Waals surface area (Å²) in [5.41, 5.74) is 0. The summed E-state index contributed by atoms with van der Waals surface area (Å²) >= 11 is 10.0. The summed E-state index contributed by atoms with van der Waals surface area (Å²) in [4.78, 5) is 0. The van der Waals surface area contributed by atoms with Crippen molar-refractivity contribution < 1.29 is 0 Å². The van der Waals surface area contributed by atoms with Crippen molar-refractivity contribution in [3.63, 3.8) is 0 Å². The Morgan fingerprint density at radius 1 is 1.64 bits per heavy atom. The van der Waals surface area contributed by atoms with E-state index in [0.717, 1.165) is 19.8 Å². The third-order valence-electron chi connectivity index (χ3n) is 0.931. The van der Waals surface area contributed by atoms with Gasteiger partial charge < -0.3 is 0 Å². The van der Waals surface area contributed by atoms with Crippen LogP contribution in [0.3, 0.4) is 0 Å². The average molecular weight is 224 g/mol. The number of aromatic amines is 1. The summed E-state index contributed by atoms with van der Waals surface area (Å²) in [6.45, 7) is 0. The fraction of sp³-hybridized carbons (Fsp3) is 0.600. The Labute approximate surface area is 83.2 Å². The van der Waals surface area contributed by atoms with Crippen LogP contribution < -0.4 is 0 Å². The number of rotatable bonds is 4. The molecule has 0 aromatic carbocycles. The van der Waals surface area contributed by atoms with Crippen molar-refractivity contribution in [3.05, 3.63) is 3.95 Å². The molecule has 6 heteroatoms. The molecule has 0 saturated carbocycles. The number of aromatic nitrogens is 2. The lowest BCUT2D eigenvalue weighted by molar-refractivity contribution is 1.00. The molecule has 0 aliphatic rings. The van der Waals surface area contributed by atoms with Crippen LogP contribution in [-0.2, 0) is 0 Å². The summed E-state index contributed by atoms with van der Waals surface area (Å²) in [7, 11) is 0. The molecule has 0 radical (unpaired) electrons. The molecule has 1 N–H and O–H groups in total. The van der Waals surface area contributed by atoms with Gasteiger partial charge >= 0.3 is 0 Å². The maximum absolute atomic E-state index is 4.89. The zero-order valence-electron chi connectivity index (χ0n) is 5.99. The molecule has 0 amide bonds. The molecule has 1 aromatic heterocycles. The molecule has 0 atom stereocenters. The zero-order chi connectivity index (χ0) is 8.10. The van der Waals surface area contributed by atoms with E-state index in [4.69, 9.17) is 12.2 Å². The first-order valence-corrected chi connectivity index (χ1v) is 6.60. The second-order valence-electron chi connectivity index (χ2n) is 1.72. The predicted molar refractivity (Wildman–Crippen MR) is 56.4 cm³/mol. The molecule has 2 nitrogen and oxygen atoms in total. The lowest BCUT2D eigenvalue weighted by Gasteiger charge is -1.91. The van der Waals surface area contributed by atoms with E-state index in [1.165, 1.54) is 0 Å². The maximum atomic E-state index is 4.89. The molecule has 62 valence electrons. The van der Waals surface area contributed by atoms with E-state index in [-0.39, 0.29) is 0 Å².